The van der Waals surface area contributed by atoms with Crippen LogP contribution in [0.15, 0.2) is 65.1 Å². The van der Waals surface area contributed by atoms with Crippen LogP contribution in [0.1, 0.15) is 28.3 Å². The summed E-state index contributed by atoms with van der Waals surface area (Å²) in [7, 11) is 0. The Balaban J connectivity index is 1.34. The molecule has 0 bridgehead atoms. The van der Waals surface area contributed by atoms with Gasteiger partial charge in [-0.05, 0) is 61.9 Å². The van der Waals surface area contributed by atoms with E-state index in [-0.39, 0.29) is 18.3 Å². The van der Waals surface area contributed by atoms with Gasteiger partial charge >= 0.3 is 0 Å². The lowest BCUT2D eigenvalue weighted by atomic mass is 10.2. The first-order valence-electron chi connectivity index (χ1n) is 10.2. The number of hydrogen-bond acceptors (Lipinski definition) is 4. The van der Waals surface area contributed by atoms with Gasteiger partial charge in [0.25, 0.3) is 5.91 Å². The van der Waals surface area contributed by atoms with E-state index in [1.165, 1.54) is 23.4 Å². The number of carbonyl (C=O) groups excluding carboxylic acids is 1. The number of aryl methyl sites for hydroxylation is 1. The lowest BCUT2D eigenvalue weighted by Gasteiger charge is -2.23. The highest BCUT2D eigenvalue weighted by molar-refractivity contribution is 5.91. The van der Waals surface area contributed by atoms with Gasteiger partial charge in [0.2, 0.25) is 0 Å². The number of ether oxygens (including phenoxy) is 1. The molecule has 0 saturated carbocycles. The molecule has 0 spiro atoms. The molecule has 0 unspecified atom stereocenters. The van der Waals surface area contributed by atoms with Gasteiger partial charge in [0.05, 0.1) is 0 Å². The van der Waals surface area contributed by atoms with E-state index in [0.717, 1.165) is 19.5 Å². The summed E-state index contributed by atoms with van der Waals surface area (Å²) in [6.07, 6.45) is 0.904. The zero-order valence-electron chi connectivity index (χ0n) is 17.0. The number of halogens is 1. The summed E-state index contributed by atoms with van der Waals surface area (Å²) in [6.45, 7) is 5.31. The van der Waals surface area contributed by atoms with E-state index in [0.29, 0.717) is 30.4 Å². The molecule has 0 aliphatic carbocycles. The second kappa shape index (κ2) is 9.03. The second-order valence-corrected chi connectivity index (χ2v) is 7.48. The first-order chi connectivity index (χ1) is 14.6. The Morgan fingerprint density at radius 1 is 0.967 bits per heavy atom. The van der Waals surface area contributed by atoms with Crippen molar-refractivity contribution >= 4 is 11.6 Å². The third kappa shape index (κ3) is 4.82. The minimum absolute atomic E-state index is 0.103. The van der Waals surface area contributed by atoms with Crippen LogP contribution in [-0.4, -0.2) is 37.0 Å². The fourth-order valence-corrected chi connectivity index (χ4v) is 3.55. The van der Waals surface area contributed by atoms with Gasteiger partial charge in [-0.2, -0.15) is 0 Å². The third-order valence-corrected chi connectivity index (χ3v) is 5.25. The van der Waals surface area contributed by atoms with Crippen LogP contribution in [-0.2, 0) is 6.61 Å². The normalized spacial score (nSPS) is 14.5. The molecule has 2 heterocycles. The van der Waals surface area contributed by atoms with Gasteiger partial charge < -0.3 is 19.0 Å². The van der Waals surface area contributed by atoms with Crippen LogP contribution in [0.3, 0.4) is 0 Å². The van der Waals surface area contributed by atoms with Crippen molar-refractivity contribution < 1.29 is 18.3 Å². The van der Waals surface area contributed by atoms with Crippen molar-refractivity contribution in [3.05, 3.63) is 83.6 Å². The second-order valence-electron chi connectivity index (χ2n) is 7.48. The maximum Gasteiger partial charge on any atom is 0.289 e. The Labute approximate surface area is 175 Å². The molecule has 3 aromatic rings. The van der Waals surface area contributed by atoms with Gasteiger partial charge in [0.15, 0.2) is 5.76 Å². The summed E-state index contributed by atoms with van der Waals surface area (Å²) < 4.78 is 24.3. The summed E-state index contributed by atoms with van der Waals surface area (Å²) in [6, 6.07) is 17.7. The number of anilines is 1. The van der Waals surface area contributed by atoms with Gasteiger partial charge in [-0.1, -0.05) is 17.7 Å². The fraction of sp³-hybridized carbons (Fsp3) is 0.292. The van der Waals surface area contributed by atoms with Crippen LogP contribution in [0.5, 0.6) is 5.75 Å². The van der Waals surface area contributed by atoms with Gasteiger partial charge in [0.1, 0.15) is 23.9 Å². The van der Waals surface area contributed by atoms with E-state index < -0.39 is 0 Å². The Hall–Kier alpha value is -3.28. The van der Waals surface area contributed by atoms with Crippen molar-refractivity contribution in [3.63, 3.8) is 0 Å². The summed E-state index contributed by atoms with van der Waals surface area (Å²) in [5, 5.41) is 0. The van der Waals surface area contributed by atoms with E-state index in [1.807, 2.05) is 4.90 Å². The monoisotopic (exact) mass is 408 g/mol. The zero-order valence-corrected chi connectivity index (χ0v) is 17.0. The number of amides is 1. The summed E-state index contributed by atoms with van der Waals surface area (Å²) in [4.78, 5) is 17.1. The summed E-state index contributed by atoms with van der Waals surface area (Å²) in [5.74, 6) is 1.00. The standard InChI is InChI=1S/C24H25FN2O3/c1-18-3-7-20(8-4-18)26-13-2-14-27(16-15-26)24(28)23-12-11-22(30-23)17-29-21-9-5-19(25)6-10-21/h3-12H,2,13-17H2,1H3. The number of furan rings is 1. The molecule has 1 amide bonds. The molecule has 1 aliphatic rings. The van der Waals surface area contributed by atoms with Crippen LogP contribution in [0.25, 0.3) is 0 Å². The van der Waals surface area contributed by atoms with Crippen molar-refractivity contribution in [2.45, 2.75) is 20.0 Å². The Morgan fingerprint density at radius 2 is 1.73 bits per heavy atom. The number of nitrogens with zero attached hydrogens (tertiary/aromatic N) is 2. The molecule has 4 rings (SSSR count). The lowest BCUT2D eigenvalue weighted by Crippen LogP contribution is -2.35. The van der Waals surface area contributed by atoms with Crippen molar-refractivity contribution in [1.82, 2.24) is 4.90 Å². The average molecular weight is 408 g/mol. The van der Waals surface area contributed by atoms with Crippen molar-refractivity contribution in [3.8, 4) is 5.75 Å². The van der Waals surface area contributed by atoms with Crippen LogP contribution >= 0.6 is 0 Å². The maximum absolute atomic E-state index is 13.0. The van der Waals surface area contributed by atoms with Crippen LogP contribution in [0, 0.1) is 12.7 Å². The zero-order chi connectivity index (χ0) is 20.9. The van der Waals surface area contributed by atoms with E-state index in [9.17, 15) is 9.18 Å². The predicted molar refractivity (Wildman–Crippen MR) is 113 cm³/mol. The van der Waals surface area contributed by atoms with Crippen LogP contribution in [0.4, 0.5) is 10.1 Å². The molecule has 0 N–H and O–H groups in total. The molecule has 1 aliphatic heterocycles. The van der Waals surface area contributed by atoms with Gasteiger partial charge in [0, 0.05) is 31.9 Å². The Kier molecular flexibility index (Phi) is 6.02. The molecule has 1 saturated heterocycles. The average Bonchev–Trinajstić information content (AvgIpc) is 3.10. The van der Waals surface area contributed by atoms with E-state index >= 15 is 0 Å². The first kappa shape index (κ1) is 20.0. The van der Waals surface area contributed by atoms with Crippen LogP contribution < -0.4 is 9.64 Å². The number of hydrogen-bond donors (Lipinski definition) is 0. The topological polar surface area (TPSA) is 45.9 Å². The minimum atomic E-state index is -0.313. The fourth-order valence-electron chi connectivity index (χ4n) is 3.55. The summed E-state index contributed by atoms with van der Waals surface area (Å²) in [5.41, 5.74) is 2.43. The van der Waals surface area contributed by atoms with Crippen molar-refractivity contribution in [2.75, 3.05) is 31.1 Å². The Morgan fingerprint density at radius 3 is 2.50 bits per heavy atom. The lowest BCUT2D eigenvalue weighted by molar-refractivity contribution is 0.0731. The third-order valence-electron chi connectivity index (χ3n) is 5.25. The molecule has 30 heavy (non-hydrogen) atoms. The van der Waals surface area contributed by atoms with E-state index in [2.05, 4.69) is 36.1 Å². The number of benzene rings is 2. The molecular weight excluding hydrogens is 383 g/mol. The molecule has 2 aromatic carbocycles. The smallest absolute Gasteiger partial charge is 0.289 e. The van der Waals surface area contributed by atoms with Gasteiger partial charge in [-0.25, -0.2) is 4.39 Å². The molecule has 1 aromatic heterocycles. The minimum Gasteiger partial charge on any atom is -0.486 e. The van der Waals surface area contributed by atoms with Crippen LogP contribution in [0.2, 0.25) is 0 Å². The maximum atomic E-state index is 13.0. The molecule has 0 atom stereocenters. The molecule has 1 fully saturated rings. The van der Waals surface area contributed by atoms with Gasteiger partial charge in [-0.15, -0.1) is 0 Å². The molecule has 0 radical (unpaired) electrons. The molecule has 156 valence electrons. The first-order valence-corrected chi connectivity index (χ1v) is 10.2. The quantitative estimate of drug-likeness (QED) is 0.616. The van der Waals surface area contributed by atoms with E-state index in [1.54, 1.807) is 24.3 Å². The molecule has 5 nitrogen and oxygen atoms in total. The molecular formula is C24H25FN2O3. The number of rotatable bonds is 5. The van der Waals surface area contributed by atoms with Crippen molar-refractivity contribution in [2.24, 2.45) is 0 Å². The van der Waals surface area contributed by atoms with Crippen molar-refractivity contribution in [1.29, 1.82) is 0 Å². The van der Waals surface area contributed by atoms with E-state index in [4.69, 9.17) is 9.15 Å². The highest BCUT2D eigenvalue weighted by Gasteiger charge is 2.23. The predicted octanol–water partition coefficient (Wildman–Crippen LogP) is 4.66. The highest BCUT2D eigenvalue weighted by atomic mass is 19.1. The molecule has 6 heteroatoms. The SMILES string of the molecule is Cc1ccc(N2CCCN(C(=O)c3ccc(COc4ccc(F)cc4)o3)CC2)cc1. The highest BCUT2D eigenvalue weighted by Crippen LogP contribution is 2.20. The van der Waals surface area contributed by atoms with Gasteiger partial charge in [-0.3, -0.25) is 4.79 Å². The summed E-state index contributed by atoms with van der Waals surface area (Å²) >= 11 is 0. The largest absolute Gasteiger partial charge is 0.486 e. The Bertz CT molecular complexity index is 982. The number of carbonyl (C=O) groups is 1.